The maximum atomic E-state index is 11.7. The van der Waals surface area contributed by atoms with Gasteiger partial charge >= 0.3 is 0 Å². The van der Waals surface area contributed by atoms with Crippen molar-refractivity contribution in [1.29, 1.82) is 0 Å². The zero-order chi connectivity index (χ0) is 22.2. The first-order chi connectivity index (χ1) is 14.8. The first-order valence-electron chi connectivity index (χ1n) is 9.78. The summed E-state index contributed by atoms with van der Waals surface area (Å²) in [5, 5.41) is 17.3. The Hall–Kier alpha value is -3.33. The molecule has 0 saturated carbocycles. The van der Waals surface area contributed by atoms with Crippen molar-refractivity contribution in [2.75, 3.05) is 19.5 Å². The highest BCUT2D eigenvalue weighted by molar-refractivity contribution is 6.22. The number of H-pyrrole nitrogens is 1. The predicted octanol–water partition coefficient (Wildman–Crippen LogP) is 2.68. The quantitative estimate of drug-likeness (QED) is 0.507. The topological polar surface area (TPSA) is 110 Å². The lowest BCUT2D eigenvalue weighted by molar-refractivity contribution is -0.119. The molecule has 3 aromatic rings. The number of aromatic nitrogens is 5. The van der Waals surface area contributed by atoms with E-state index >= 15 is 0 Å². The second-order valence-corrected chi connectivity index (χ2v) is 8.04. The lowest BCUT2D eigenvalue weighted by Crippen LogP contribution is -2.39. The average molecular weight is 442 g/mol. The van der Waals surface area contributed by atoms with Gasteiger partial charge in [0, 0.05) is 30.8 Å². The molecule has 0 aliphatic heterocycles. The number of benzene rings is 1. The van der Waals surface area contributed by atoms with Crippen LogP contribution in [0.5, 0.6) is 5.75 Å². The Morgan fingerprint density at radius 2 is 2.23 bits per heavy atom. The molecule has 0 radical (unpaired) electrons. The number of methoxy groups -OCH3 is 1. The fourth-order valence-electron chi connectivity index (χ4n) is 3.56. The second-order valence-electron chi connectivity index (χ2n) is 7.60. The molecule has 9 nitrogen and oxygen atoms in total. The number of amides is 1. The Morgan fingerprint density at radius 1 is 1.42 bits per heavy atom. The maximum absolute atomic E-state index is 11.7. The van der Waals surface area contributed by atoms with Gasteiger partial charge in [-0.05, 0) is 19.1 Å². The molecule has 2 unspecified atom stereocenters. The summed E-state index contributed by atoms with van der Waals surface area (Å²) in [5.41, 5.74) is 2.83. The fourth-order valence-corrected chi connectivity index (χ4v) is 3.86. The number of nitrogens with one attached hydrogen (secondary N) is 3. The number of ether oxygens (including phenoxy) is 1. The third-order valence-corrected chi connectivity index (χ3v) is 6.10. The lowest BCUT2D eigenvalue weighted by atomic mass is 9.87. The van der Waals surface area contributed by atoms with Gasteiger partial charge in [-0.1, -0.05) is 18.2 Å². The summed E-state index contributed by atoms with van der Waals surface area (Å²) < 4.78 is 7.15. The molecule has 0 fully saturated rings. The van der Waals surface area contributed by atoms with Crippen molar-refractivity contribution in [2.45, 2.75) is 24.3 Å². The molecular weight excluding hydrogens is 418 g/mol. The number of rotatable bonds is 6. The lowest BCUT2D eigenvalue weighted by Gasteiger charge is -2.34. The van der Waals surface area contributed by atoms with Gasteiger partial charge < -0.3 is 15.4 Å². The van der Waals surface area contributed by atoms with Gasteiger partial charge in [0.25, 0.3) is 0 Å². The highest BCUT2D eigenvalue weighted by atomic mass is 35.5. The fraction of sp³-hybridized carbons (Fsp3) is 0.333. The van der Waals surface area contributed by atoms with Crippen molar-refractivity contribution in [3.05, 3.63) is 47.3 Å². The summed E-state index contributed by atoms with van der Waals surface area (Å²) in [6, 6.07) is 5.57. The van der Waals surface area contributed by atoms with Crippen LogP contribution in [0.25, 0.3) is 17.5 Å². The largest absolute Gasteiger partial charge is 0.496 e. The molecular formula is C21H24ClN7O2. The first-order valence-corrected chi connectivity index (χ1v) is 10.2. The van der Waals surface area contributed by atoms with Crippen molar-refractivity contribution in [3.63, 3.8) is 0 Å². The van der Waals surface area contributed by atoms with Crippen LogP contribution in [0.3, 0.4) is 0 Å². The number of halogens is 1. The number of nitrogens with zero attached hydrogens (tertiary/aromatic N) is 4. The molecule has 1 aliphatic rings. The summed E-state index contributed by atoms with van der Waals surface area (Å²) in [7, 11) is 5.00. The number of likely N-dealkylation sites (N-methyl/N-ethyl adjacent to an activating group) is 1. The summed E-state index contributed by atoms with van der Waals surface area (Å²) in [5.74, 6) is 1.64. The van der Waals surface area contributed by atoms with E-state index in [2.05, 4.69) is 30.9 Å². The van der Waals surface area contributed by atoms with Gasteiger partial charge in [0.2, 0.25) is 11.9 Å². The second kappa shape index (κ2) is 8.07. The Morgan fingerprint density at radius 3 is 2.97 bits per heavy atom. The molecule has 2 aromatic heterocycles. The minimum atomic E-state index is -0.578. The van der Waals surface area contributed by atoms with Crippen molar-refractivity contribution in [2.24, 2.45) is 7.05 Å². The zero-order valence-electron chi connectivity index (χ0n) is 17.7. The van der Waals surface area contributed by atoms with Crippen LogP contribution in [-0.2, 0) is 18.3 Å². The molecule has 1 aliphatic carbocycles. The van der Waals surface area contributed by atoms with E-state index in [1.54, 1.807) is 25.0 Å². The summed E-state index contributed by atoms with van der Waals surface area (Å²) in [6.07, 6.45) is 5.93. The SMILES string of the molecule is CNC(=O)Cc1ccc(-c2nc(NC3(C)C=Cc4[nH]ncc4C3Cl)n(C)n2)cc1OC. The van der Waals surface area contributed by atoms with Gasteiger partial charge in [0.15, 0.2) is 5.82 Å². The van der Waals surface area contributed by atoms with Gasteiger partial charge in [-0.2, -0.15) is 10.1 Å². The molecule has 1 aromatic carbocycles. The van der Waals surface area contributed by atoms with Gasteiger partial charge in [-0.25, -0.2) is 4.68 Å². The van der Waals surface area contributed by atoms with Crippen LogP contribution in [0, 0.1) is 0 Å². The molecule has 4 rings (SSSR count). The zero-order valence-corrected chi connectivity index (χ0v) is 18.5. The van der Waals surface area contributed by atoms with E-state index in [0.717, 1.165) is 22.4 Å². The molecule has 162 valence electrons. The van der Waals surface area contributed by atoms with E-state index in [-0.39, 0.29) is 17.7 Å². The number of carbonyl (C=O) groups excluding carboxylic acids is 1. The number of fused-ring (bicyclic) bond motifs is 1. The third-order valence-electron chi connectivity index (χ3n) is 5.41. The van der Waals surface area contributed by atoms with Gasteiger partial charge in [0.1, 0.15) is 5.75 Å². The predicted molar refractivity (Wildman–Crippen MR) is 119 cm³/mol. The van der Waals surface area contributed by atoms with Crippen molar-refractivity contribution < 1.29 is 9.53 Å². The van der Waals surface area contributed by atoms with Crippen LogP contribution in [0.4, 0.5) is 5.95 Å². The van der Waals surface area contributed by atoms with Gasteiger partial charge in [-0.15, -0.1) is 16.7 Å². The molecule has 2 heterocycles. The Labute approximate surface area is 184 Å². The van der Waals surface area contributed by atoms with Crippen molar-refractivity contribution in [3.8, 4) is 17.1 Å². The van der Waals surface area contributed by atoms with Crippen molar-refractivity contribution >= 4 is 29.5 Å². The minimum Gasteiger partial charge on any atom is -0.496 e. The monoisotopic (exact) mass is 441 g/mol. The van der Waals surface area contributed by atoms with Crippen LogP contribution >= 0.6 is 11.6 Å². The third kappa shape index (κ3) is 3.88. The molecule has 1 amide bonds. The Bertz CT molecular complexity index is 1150. The number of hydrogen-bond donors (Lipinski definition) is 3. The van der Waals surface area contributed by atoms with Crippen LogP contribution < -0.4 is 15.4 Å². The van der Waals surface area contributed by atoms with E-state index < -0.39 is 5.54 Å². The number of carbonyl (C=O) groups is 1. The Kier molecular flexibility index (Phi) is 5.45. The molecule has 10 heteroatoms. The smallest absolute Gasteiger partial charge is 0.224 e. The molecule has 0 spiro atoms. The standard InChI is InChI=1S/C21H24ClN7O2/c1-21(8-7-15-14(18(21)22)11-24-27-15)26-20-25-19(28-29(20)3)13-6-5-12(10-17(30)23-2)16(9-13)31-4/h5-9,11,18H,10H2,1-4H3,(H,23,30)(H,24,27)(H,25,26,28). The highest BCUT2D eigenvalue weighted by Crippen LogP contribution is 2.41. The van der Waals surface area contributed by atoms with Crippen LogP contribution in [0.15, 0.2) is 30.5 Å². The normalized spacial score (nSPS) is 19.7. The molecule has 0 saturated heterocycles. The average Bonchev–Trinajstić information content (AvgIpc) is 3.38. The Balaban J connectivity index is 1.60. The van der Waals surface area contributed by atoms with E-state index in [4.69, 9.17) is 16.3 Å². The van der Waals surface area contributed by atoms with E-state index in [1.165, 1.54) is 0 Å². The summed E-state index contributed by atoms with van der Waals surface area (Å²) in [6.45, 7) is 2.00. The minimum absolute atomic E-state index is 0.0845. The summed E-state index contributed by atoms with van der Waals surface area (Å²) in [4.78, 5) is 16.4. The number of aromatic amines is 1. The first kappa shape index (κ1) is 20.9. The molecule has 2 atom stereocenters. The number of aryl methyl sites for hydroxylation is 1. The highest BCUT2D eigenvalue weighted by Gasteiger charge is 2.37. The van der Waals surface area contributed by atoms with E-state index in [0.29, 0.717) is 17.5 Å². The van der Waals surface area contributed by atoms with Crippen LogP contribution in [0.1, 0.15) is 29.1 Å². The number of hydrogen-bond acceptors (Lipinski definition) is 6. The van der Waals surface area contributed by atoms with Gasteiger partial charge in [0.05, 0.1) is 36.3 Å². The maximum Gasteiger partial charge on any atom is 0.224 e. The molecule has 31 heavy (non-hydrogen) atoms. The van der Waals surface area contributed by atoms with Crippen molar-refractivity contribution in [1.82, 2.24) is 30.3 Å². The molecule has 3 N–H and O–H groups in total. The van der Waals surface area contributed by atoms with Crippen LogP contribution in [-0.4, -0.2) is 50.6 Å². The van der Waals surface area contributed by atoms with Gasteiger partial charge in [-0.3, -0.25) is 9.89 Å². The van der Waals surface area contributed by atoms with E-state index in [9.17, 15) is 4.79 Å². The number of alkyl halides is 1. The summed E-state index contributed by atoms with van der Waals surface area (Å²) >= 11 is 6.75. The molecule has 0 bridgehead atoms. The van der Waals surface area contributed by atoms with E-state index in [1.807, 2.05) is 44.3 Å². The van der Waals surface area contributed by atoms with Crippen LogP contribution in [0.2, 0.25) is 0 Å². The number of anilines is 1.